The third-order valence-electron chi connectivity index (χ3n) is 5.18. The topological polar surface area (TPSA) is 140 Å². The molecule has 1 aromatic carbocycles. The fraction of sp³-hybridized carbons (Fsp3) is 0.455. The van der Waals surface area contributed by atoms with E-state index in [1.807, 2.05) is 6.92 Å². The number of rotatable bonds is 12. The highest BCUT2D eigenvalue weighted by molar-refractivity contribution is 7.93. The highest BCUT2D eigenvalue weighted by atomic mass is 32.2. The molecule has 13 heteroatoms. The number of hydrogen-bond donors (Lipinski definition) is 1. The minimum atomic E-state index is -4.07. The highest BCUT2D eigenvalue weighted by Gasteiger charge is 2.35. The van der Waals surface area contributed by atoms with Crippen LogP contribution in [0.4, 0.5) is 5.95 Å². The lowest BCUT2D eigenvalue weighted by atomic mass is 10.2. The van der Waals surface area contributed by atoms with Gasteiger partial charge >= 0.3 is 0 Å². The molecule has 0 aliphatic heterocycles. The van der Waals surface area contributed by atoms with Crippen LogP contribution in [-0.2, 0) is 26.1 Å². The number of ether oxygens (including phenoxy) is 4. The van der Waals surface area contributed by atoms with Crippen LogP contribution in [0.5, 0.6) is 11.5 Å². The molecular weight excluding hydrogens is 476 g/mol. The molecule has 0 bridgehead atoms. The van der Waals surface area contributed by atoms with E-state index >= 15 is 0 Å². The van der Waals surface area contributed by atoms with Gasteiger partial charge in [-0.3, -0.25) is 9.29 Å². The van der Waals surface area contributed by atoms with Gasteiger partial charge in [-0.15, -0.1) is 10.2 Å². The van der Waals surface area contributed by atoms with Crippen LogP contribution in [0.25, 0.3) is 5.69 Å². The van der Waals surface area contributed by atoms with Gasteiger partial charge in [-0.05, 0) is 38.5 Å². The van der Waals surface area contributed by atoms with Gasteiger partial charge < -0.3 is 18.9 Å². The van der Waals surface area contributed by atoms with Crippen molar-refractivity contribution in [2.75, 3.05) is 32.7 Å². The molecule has 2 aromatic heterocycles. The van der Waals surface area contributed by atoms with Gasteiger partial charge in [-0.2, -0.15) is 0 Å². The van der Waals surface area contributed by atoms with Gasteiger partial charge in [0.2, 0.25) is 16.0 Å². The van der Waals surface area contributed by atoms with Crippen LogP contribution >= 0.6 is 0 Å². The molecule has 2 unspecified atom stereocenters. The smallest absolute Gasteiger partial charge is 0.243 e. The van der Waals surface area contributed by atoms with Gasteiger partial charge in [-0.25, -0.2) is 18.4 Å². The van der Waals surface area contributed by atoms with Gasteiger partial charge in [0.25, 0.3) is 0 Å². The fourth-order valence-electron chi connectivity index (χ4n) is 3.42. The Labute approximate surface area is 204 Å². The molecule has 2 atom stereocenters. The SMILES string of the molecule is CCOC(c1ncc(C)cn1)C(C)S(=O)(=O)Nc1nnc(COC)n1-c1c(OC)cccc1OC. The van der Waals surface area contributed by atoms with Gasteiger partial charge in [0, 0.05) is 26.1 Å². The number of hydrogen-bond acceptors (Lipinski definition) is 10. The third kappa shape index (κ3) is 5.69. The summed E-state index contributed by atoms with van der Waals surface area (Å²) in [6, 6.07) is 5.19. The molecule has 0 saturated carbocycles. The van der Waals surface area contributed by atoms with Crippen LogP contribution in [0, 0.1) is 6.92 Å². The van der Waals surface area contributed by atoms with Gasteiger partial charge in [0.05, 0.1) is 14.2 Å². The summed E-state index contributed by atoms with van der Waals surface area (Å²) in [5.41, 5.74) is 1.27. The van der Waals surface area contributed by atoms with Crippen LogP contribution in [0.2, 0.25) is 0 Å². The maximum atomic E-state index is 13.5. The molecule has 35 heavy (non-hydrogen) atoms. The predicted molar refractivity (Wildman–Crippen MR) is 128 cm³/mol. The number of aryl methyl sites for hydroxylation is 1. The van der Waals surface area contributed by atoms with Crippen molar-refractivity contribution < 1.29 is 27.4 Å². The summed E-state index contributed by atoms with van der Waals surface area (Å²) in [5, 5.41) is 7.13. The summed E-state index contributed by atoms with van der Waals surface area (Å²) in [6.45, 7) is 5.47. The summed E-state index contributed by atoms with van der Waals surface area (Å²) in [4.78, 5) is 8.53. The second kappa shape index (κ2) is 11.4. The van der Waals surface area contributed by atoms with Crippen molar-refractivity contribution in [3.63, 3.8) is 0 Å². The largest absolute Gasteiger partial charge is 0.494 e. The Bertz CT molecular complexity index is 1210. The van der Waals surface area contributed by atoms with Crippen molar-refractivity contribution in [3.8, 4) is 17.2 Å². The van der Waals surface area contributed by atoms with Crippen LogP contribution in [0.15, 0.2) is 30.6 Å². The molecule has 1 N–H and O–H groups in total. The molecule has 3 rings (SSSR count). The lowest BCUT2D eigenvalue weighted by molar-refractivity contribution is 0.0557. The molecule has 2 heterocycles. The molecule has 3 aromatic rings. The second-order valence-electron chi connectivity index (χ2n) is 7.57. The molecule has 0 aliphatic carbocycles. The Hall–Kier alpha value is -3.29. The van der Waals surface area contributed by atoms with Gasteiger partial charge in [0.15, 0.2) is 11.6 Å². The van der Waals surface area contributed by atoms with E-state index in [4.69, 9.17) is 18.9 Å². The monoisotopic (exact) mass is 506 g/mol. The first-order valence-corrected chi connectivity index (χ1v) is 12.4. The molecule has 0 saturated heterocycles. The summed E-state index contributed by atoms with van der Waals surface area (Å²) in [7, 11) is 0.431. The summed E-state index contributed by atoms with van der Waals surface area (Å²) in [6.07, 6.45) is 2.32. The highest BCUT2D eigenvalue weighted by Crippen LogP contribution is 2.36. The van der Waals surface area contributed by atoms with E-state index in [9.17, 15) is 8.42 Å². The number of sulfonamides is 1. The zero-order valence-electron chi connectivity index (χ0n) is 20.5. The van der Waals surface area contributed by atoms with E-state index in [-0.39, 0.29) is 25.0 Å². The lowest BCUT2D eigenvalue weighted by Crippen LogP contribution is -2.34. The van der Waals surface area contributed by atoms with Gasteiger partial charge in [0.1, 0.15) is 35.1 Å². The maximum absolute atomic E-state index is 13.5. The second-order valence-corrected chi connectivity index (χ2v) is 9.60. The zero-order valence-corrected chi connectivity index (χ0v) is 21.4. The maximum Gasteiger partial charge on any atom is 0.243 e. The normalized spacial score (nSPS) is 13.3. The first-order valence-electron chi connectivity index (χ1n) is 10.8. The Kier molecular flexibility index (Phi) is 8.59. The summed E-state index contributed by atoms with van der Waals surface area (Å²) >= 11 is 0. The fourth-order valence-corrected chi connectivity index (χ4v) is 4.52. The first kappa shape index (κ1) is 26.3. The number of nitrogens with zero attached hydrogens (tertiary/aromatic N) is 5. The third-order valence-corrected chi connectivity index (χ3v) is 6.87. The number of anilines is 1. The van der Waals surface area contributed by atoms with Crippen LogP contribution in [-0.4, -0.2) is 66.3 Å². The van der Waals surface area contributed by atoms with E-state index in [0.29, 0.717) is 23.0 Å². The predicted octanol–water partition coefficient (Wildman–Crippen LogP) is 2.44. The zero-order chi connectivity index (χ0) is 25.6. The Balaban J connectivity index is 2.06. The van der Waals surface area contributed by atoms with Crippen molar-refractivity contribution in [1.29, 1.82) is 0 Å². The van der Waals surface area contributed by atoms with Crippen molar-refractivity contribution in [1.82, 2.24) is 24.7 Å². The number of benzene rings is 1. The number of methoxy groups -OCH3 is 3. The minimum Gasteiger partial charge on any atom is -0.494 e. The molecular formula is C22H30N6O6S. The summed E-state index contributed by atoms with van der Waals surface area (Å²) < 4.78 is 53.0. The summed E-state index contributed by atoms with van der Waals surface area (Å²) in [5.74, 6) is 1.39. The minimum absolute atomic E-state index is 0.0598. The van der Waals surface area contributed by atoms with E-state index < -0.39 is 21.4 Å². The lowest BCUT2D eigenvalue weighted by Gasteiger charge is -2.23. The first-order chi connectivity index (χ1) is 16.8. The molecule has 0 fully saturated rings. The average molecular weight is 507 g/mol. The molecule has 0 spiro atoms. The van der Waals surface area contributed by atoms with E-state index in [0.717, 1.165) is 5.56 Å². The van der Waals surface area contributed by atoms with E-state index in [1.54, 1.807) is 37.5 Å². The van der Waals surface area contributed by atoms with E-state index in [1.165, 1.54) is 32.8 Å². The molecule has 0 aliphatic rings. The van der Waals surface area contributed by atoms with Gasteiger partial charge in [-0.1, -0.05) is 6.07 Å². The van der Waals surface area contributed by atoms with Crippen molar-refractivity contribution in [3.05, 3.63) is 47.8 Å². The molecule has 0 amide bonds. The Morgan fingerprint density at radius 2 is 1.69 bits per heavy atom. The molecule has 190 valence electrons. The van der Waals surface area contributed by atoms with E-state index in [2.05, 4.69) is 24.9 Å². The van der Waals surface area contributed by atoms with Crippen LogP contribution < -0.4 is 14.2 Å². The van der Waals surface area contributed by atoms with Crippen molar-refractivity contribution in [2.24, 2.45) is 0 Å². The van der Waals surface area contributed by atoms with Crippen molar-refractivity contribution >= 4 is 16.0 Å². The number of aromatic nitrogens is 5. The number of nitrogens with one attached hydrogen (secondary N) is 1. The standard InChI is InChI=1S/C22H30N6O6S/c1-7-34-20(21-23-11-14(2)12-24-21)15(3)35(29,30)27-22-26-25-18(13-31-4)28(22)19-16(32-5)9-8-10-17(19)33-6/h8-12,15,20H,7,13H2,1-6H3,(H,26,27). The Morgan fingerprint density at radius 1 is 1.06 bits per heavy atom. The van der Waals surface area contributed by atoms with Crippen LogP contribution in [0.3, 0.4) is 0 Å². The van der Waals surface area contributed by atoms with Crippen LogP contribution in [0.1, 0.15) is 37.2 Å². The quantitative estimate of drug-likeness (QED) is 0.389. The molecule has 0 radical (unpaired) electrons. The Morgan fingerprint density at radius 3 is 2.23 bits per heavy atom. The average Bonchev–Trinajstić information content (AvgIpc) is 3.23. The molecule has 12 nitrogen and oxygen atoms in total. The van der Waals surface area contributed by atoms with Crippen molar-refractivity contribution in [2.45, 2.75) is 38.7 Å². The number of para-hydroxylation sites is 1.